The van der Waals surface area contributed by atoms with E-state index in [9.17, 15) is 9.59 Å². The Morgan fingerprint density at radius 1 is 1.43 bits per heavy atom. The minimum Gasteiger partial charge on any atom is -0.461 e. The number of esters is 1. The molecular weight excluding hydrogens is 272 g/mol. The highest BCUT2D eigenvalue weighted by molar-refractivity contribution is 5.96. The van der Waals surface area contributed by atoms with Crippen LogP contribution in [-0.4, -0.2) is 33.4 Å². The van der Waals surface area contributed by atoms with Gasteiger partial charge in [0.15, 0.2) is 11.5 Å². The molecule has 0 aliphatic rings. The first-order chi connectivity index (χ1) is 10.1. The normalized spacial score (nSPS) is 9.90. The van der Waals surface area contributed by atoms with Crippen molar-refractivity contribution in [2.45, 2.75) is 13.5 Å². The fourth-order valence-corrected chi connectivity index (χ4v) is 1.67. The number of carbonyl (C=O) groups excluding carboxylic acids is 2. The number of hydrogen-bond donors (Lipinski definition) is 0. The van der Waals surface area contributed by atoms with Crippen LogP contribution >= 0.6 is 0 Å². The van der Waals surface area contributed by atoms with E-state index in [4.69, 9.17) is 10.00 Å². The number of ketones is 1. The van der Waals surface area contributed by atoms with Crippen LogP contribution in [0.4, 0.5) is 0 Å². The first-order valence-electron chi connectivity index (χ1n) is 6.24. The summed E-state index contributed by atoms with van der Waals surface area (Å²) in [5.41, 5.74) is 0.865. The van der Waals surface area contributed by atoms with Gasteiger partial charge in [0, 0.05) is 5.56 Å². The molecule has 0 amide bonds. The first-order valence-corrected chi connectivity index (χ1v) is 6.24. The minimum atomic E-state index is -0.581. The highest BCUT2D eigenvalue weighted by Gasteiger charge is 2.14. The monoisotopic (exact) mass is 284 g/mol. The van der Waals surface area contributed by atoms with E-state index < -0.39 is 5.97 Å². The van der Waals surface area contributed by atoms with Gasteiger partial charge in [-0.25, -0.2) is 9.48 Å². The number of benzene rings is 1. The SMILES string of the molecule is CCOC(=O)c1cn(CC(=O)c2cccc(C#N)c2)nn1. The van der Waals surface area contributed by atoms with Gasteiger partial charge in [-0.1, -0.05) is 17.3 Å². The van der Waals surface area contributed by atoms with Crippen LogP contribution in [0.3, 0.4) is 0 Å². The lowest BCUT2D eigenvalue weighted by Gasteiger charge is -2.01. The average Bonchev–Trinajstić information content (AvgIpc) is 2.96. The number of rotatable bonds is 5. The molecule has 106 valence electrons. The molecule has 0 radical (unpaired) electrons. The van der Waals surface area contributed by atoms with Crippen LogP contribution in [0.15, 0.2) is 30.5 Å². The Kier molecular flexibility index (Phi) is 4.41. The summed E-state index contributed by atoms with van der Waals surface area (Å²) in [6.45, 7) is 1.86. The fourth-order valence-electron chi connectivity index (χ4n) is 1.67. The zero-order valence-corrected chi connectivity index (χ0v) is 11.3. The van der Waals surface area contributed by atoms with Gasteiger partial charge in [-0.2, -0.15) is 5.26 Å². The van der Waals surface area contributed by atoms with Gasteiger partial charge < -0.3 is 4.74 Å². The molecule has 1 aromatic carbocycles. The molecule has 1 heterocycles. The van der Waals surface area contributed by atoms with Crippen molar-refractivity contribution in [3.8, 4) is 6.07 Å². The smallest absolute Gasteiger partial charge is 0.360 e. The van der Waals surface area contributed by atoms with Gasteiger partial charge in [-0.05, 0) is 19.1 Å². The number of carbonyl (C=O) groups is 2. The van der Waals surface area contributed by atoms with Crippen molar-refractivity contribution in [1.29, 1.82) is 5.26 Å². The van der Waals surface area contributed by atoms with E-state index in [1.54, 1.807) is 25.1 Å². The summed E-state index contributed by atoms with van der Waals surface area (Å²) in [4.78, 5) is 23.5. The van der Waals surface area contributed by atoms with E-state index in [2.05, 4.69) is 10.3 Å². The topological polar surface area (TPSA) is 97.9 Å². The maximum absolute atomic E-state index is 12.1. The summed E-state index contributed by atoms with van der Waals surface area (Å²) in [6, 6.07) is 8.35. The van der Waals surface area contributed by atoms with E-state index >= 15 is 0 Å². The number of hydrogen-bond acceptors (Lipinski definition) is 6. The van der Waals surface area contributed by atoms with E-state index in [0.29, 0.717) is 11.1 Å². The number of nitrogens with zero attached hydrogens (tertiary/aromatic N) is 4. The third kappa shape index (κ3) is 3.51. The lowest BCUT2D eigenvalue weighted by atomic mass is 10.1. The fraction of sp³-hybridized carbons (Fsp3) is 0.214. The van der Waals surface area contributed by atoms with Crippen LogP contribution in [-0.2, 0) is 11.3 Å². The summed E-state index contributed by atoms with van der Waals surface area (Å²) >= 11 is 0. The molecule has 0 saturated carbocycles. The maximum Gasteiger partial charge on any atom is 0.360 e. The van der Waals surface area contributed by atoms with Crippen molar-refractivity contribution >= 4 is 11.8 Å². The second kappa shape index (κ2) is 6.43. The van der Waals surface area contributed by atoms with Crippen LogP contribution in [0, 0.1) is 11.3 Å². The van der Waals surface area contributed by atoms with Crippen molar-refractivity contribution in [2.75, 3.05) is 6.61 Å². The standard InChI is InChI=1S/C14H12N4O3/c1-2-21-14(20)12-8-18(17-16-12)9-13(19)11-5-3-4-10(6-11)7-15/h3-6,8H,2,9H2,1H3. The molecule has 0 fully saturated rings. The van der Waals surface area contributed by atoms with Gasteiger partial charge >= 0.3 is 5.97 Å². The second-order valence-electron chi connectivity index (χ2n) is 4.14. The molecule has 21 heavy (non-hydrogen) atoms. The molecule has 0 spiro atoms. The zero-order valence-electron chi connectivity index (χ0n) is 11.3. The molecule has 0 atom stereocenters. The van der Waals surface area contributed by atoms with Crippen molar-refractivity contribution in [1.82, 2.24) is 15.0 Å². The predicted octanol–water partition coefficient (Wildman–Crippen LogP) is 1.21. The molecule has 1 aromatic heterocycles. The highest BCUT2D eigenvalue weighted by atomic mass is 16.5. The Bertz CT molecular complexity index is 715. The van der Waals surface area contributed by atoms with Crippen LogP contribution in [0.1, 0.15) is 33.3 Å². The molecule has 7 heteroatoms. The Balaban J connectivity index is 2.09. The molecule has 0 saturated heterocycles. The predicted molar refractivity (Wildman–Crippen MR) is 71.5 cm³/mol. The van der Waals surface area contributed by atoms with Gasteiger partial charge in [0.2, 0.25) is 0 Å². The van der Waals surface area contributed by atoms with Crippen LogP contribution < -0.4 is 0 Å². The van der Waals surface area contributed by atoms with Crippen LogP contribution in [0.2, 0.25) is 0 Å². The van der Waals surface area contributed by atoms with E-state index in [1.165, 1.54) is 16.9 Å². The maximum atomic E-state index is 12.1. The molecule has 7 nitrogen and oxygen atoms in total. The van der Waals surface area contributed by atoms with Gasteiger partial charge in [0.05, 0.1) is 24.4 Å². The highest BCUT2D eigenvalue weighted by Crippen LogP contribution is 2.06. The van der Waals surface area contributed by atoms with Gasteiger partial charge in [0.1, 0.15) is 6.54 Å². The molecule has 0 unspecified atom stereocenters. The Morgan fingerprint density at radius 2 is 2.24 bits per heavy atom. The number of Topliss-reactive ketones (excluding diaryl/α,β-unsaturated/α-hetero) is 1. The number of nitriles is 1. The molecule has 0 aliphatic carbocycles. The Morgan fingerprint density at radius 3 is 2.95 bits per heavy atom. The Hall–Kier alpha value is -3.01. The second-order valence-corrected chi connectivity index (χ2v) is 4.14. The summed E-state index contributed by atoms with van der Waals surface area (Å²) in [5, 5.41) is 16.2. The van der Waals surface area contributed by atoms with Crippen molar-refractivity contribution in [3.05, 3.63) is 47.3 Å². The largest absolute Gasteiger partial charge is 0.461 e. The molecule has 0 N–H and O–H groups in total. The Labute approximate surface area is 120 Å². The molecule has 2 rings (SSSR count). The quantitative estimate of drug-likeness (QED) is 0.604. The molecule has 0 aliphatic heterocycles. The van der Waals surface area contributed by atoms with Gasteiger partial charge in [-0.15, -0.1) is 5.10 Å². The van der Waals surface area contributed by atoms with Crippen molar-refractivity contribution in [3.63, 3.8) is 0 Å². The number of ether oxygens (including phenoxy) is 1. The zero-order chi connectivity index (χ0) is 15.2. The lowest BCUT2D eigenvalue weighted by Crippen LogP contribution is -2.11. The summed E-state index contributed by atoms with van der Waals surface area (Å²) in [7, 11) is 0. The van der Waals surface area contributed by atoms with E-state index in [1.807, 2.05) is 6.07 Å². The van der Waals surface area contributed by atoms with E-state index in [0.717, 1.165) is 0 Å². The van der Waals surface area contributed by atoms with Crippen molar-refractivity contribution in [2.24, 2.45) is 0 Å². The third-order valence-electron chi connectivity index (χ3n) is 2.64. The first kappa shape index (κ1) is 14.4. The van der Waals surface area contributed by atoms with E-state index in [-0.39, 0.29) is 24.6 Å². The number of aromatic nitrogens is 3. The summed E-state index contributed by atoms with van der Waals surface area (Å²) in [5.74, 6) is -0.810. The van der Waals surface area contributed by atoms with Crippen LogP contribution in [0.25, 0.3) is 0 Å². The third-order valence-corrected chi connectivity index (χ3v) is 2.64. The summed E-state index contributed by atoms with van der Waals surface area (Å²) < 4.78 is 6.04. The lowest BCUT2D eigenvalue weighted by molar-refractivity contribution is 0.0519. The van der Waals surface area contributed by atoms with Crippen molar-refractivity contribution < 1.29 is 14.3 Å². The molecule has 2 aromatic rings. The van der Waals surface area contributed by atoms with Gasteiger partial charge in [-0.3, -0.25) is 4.79 Å². The molecule has 0 bridgehead atoms. The summed E-state index contributed by atoms with van der Waals surface area (Å²) in [6.07, 6.45) is 1.35. The minimum absolute atomic E-state index is 0.0513. The molecular formula is C14H12N4O3. The van der Waals surface area contributed by atoms with Gasteiger partial charge in [0.25, 0.3) is 0 Å². The average molecular weight is 284 g/mol. The van der Waals surface area contributed by atoms with Crippen LogP contribution in [0.5, 0.6) is 0 Å².